The first-order valence-corrected chi connectivity index (χ1v) is 9.55. The van der Waals surface area contributed by atoms with Crippen LogP contribution in [0.4, 0.5) is 10.1 Å². The Hall–Kier alpha value is -1.67. The van der Waals surface area contributed by atoms with Crippen molar-refractivity contribution in [3.05, 3.63) is 29.6 Å². The normalized spacial score (nSPS) is 24.3. The average Bonchev–Trinajstić information content (AvgIpc) is 2.72. The smallest absolute Gasteiger partial charge is 0.256 e. The molecule has 3 rings (SSSR count). The van der Waals surface area contributed by atoms with Gasteiger partial charge in [0.1, 0.15) is 5.82 Å². The molecule has 2 aliphatic heterocycles. The largest absolute Gasteiger partial charge is 0.331 e. The minimum Gasteiger partial charge on any atom is -0.331 e. The average molecular weight is 341 g/mol. The van der Waals surface area contributed by atoms with E-state index in [1.807, 2.05) is 0 Å². The maximum atomic E-state index is 13.6. The molecule has 2 bridgehead atoms. The standard InChI is InChI=1S/C15H20FN3O3S/c1-23(21,22)18-14-5-2-10(16)8-13(14)15(20)19-11-3-4-12(19)9-17-7-6-11/h2,5,8,11-12,17-18H,3-4,6-7,9H2,1H3. The van der Waals surface area contributed by atoms with Crippen LogP contribution in [0.25, 0.3) is 0 Å². The molecule has 1 aromatic carbocycles. The first-order valence-electron chi connectivity index (χ1n) is 7.66. The maximum absolute atomic E-state index is 13.6. The Bertz CT molecular complexity index is 709. The number of hydrogen-bond donors (Lipinski definition) is 2. The number of halogens is 1. The number of anilines is 1. The van der Waals surface area contributed by atoms with Crippen molar-refractivity contribution in [2.24, 2.45) is 0 Å². The molecule has 2 aliphatic rings. The van der Waals surface area contributed by atoms with Gasteiger partial charge in [0.15, 0.2) is 0 Å². The fourth-order valence-electron chi connectivity index (χ4n) is 3.44. The number of nitrogens with one attached hydrogen (secondary N) is 2. The highest BCUT2D eigenvalue weighted by Gasteiger charge is 2.39. The van der Waals surface area contributed by atoms with Gasteiger partial charge >= 0.3 is 0 Å². The van der Waals surface area contributed by atoms with Gasteiger partial charge in [0.25, 0.3) is 5.91 Å². The zero-order valence-corrected chi connectivity index (χ0v) is 13.7. The SMILES string of the molecule is CS(=O)(=O)Nc1ccc(F)cc1C(=O)N1C2CCNCC1CC2. The third-order valence-corrected chi connectivity index (χ3v) is 4.99. The fraction of sp³-hybridized carbons (Fsp3) is 0.533. The van der Waals surface area contributed by atoms with Gasteiger partial charge in [-0.15, -0.1) is 0 Å². The van der Waals surface area contributed by atoms with Crippen LogP contribution in [-0.4, -0.2) is 50.7 Å². The lowest BCUT2D eigenvalue weighted by Gasteiger charge is -2.28. The molecular weight excluding hydrogens is 321 g/mol. The zero-order valence-electron chi connectivity index (χ0n) is 12.9. The third kappa shape index (κ3) is 3.48. The van der Waals surface area contributed by atoms with E-state index in [0.717, 1.165) is 44.2 Å². The van der Waals surface area contributed by atoms with Crippen molar-refractivity contribution in [2.45, 2.75) is 31.3 Å². The van der Waals surface area contributed by atoms with E-state index >= 15 is 0 Å². The third-order valence-electron chi connectivity index (χ3n) is 4.40. The van der Waals surface area contributed by atoms with Gasteiger partial charge in [0.05, 0.1) is 17.5 Å². The lowest BCUT2D eigenvalue weighted by Crippen LogP contribution is -2.42. The monoisotopic (exact) mass is 341 g/mol. The molecule has 23 heavy (non-hydrogen) atoms. The van der Waals surface area contributed by atoms with Crippen LogP contribution < -0.4 is 10.0 Å². The summed E-state index contributed by atoms with van der Waals surface area (Å²) >= 11 is 0. The van der Waals surface area contributed by atoms with Crippen molar-refractivity contribution in [2.75, 3.05) is 24.1 Å². The van der Waals surface area contributed by atoms with Crippen molar-refractivity contribution in [3.63, 3.8) is 0 Å². The number of hydrogen-bond acceptors (Lipinski definition) is 4. The summed E-state index contributed by atoms with van der Waals surface area (Å²) in [6.07, 6.45) is 3.70. The highest BCUT2D eigenvalue weighted by molar-refractivity contribution is 7.92. The Kier molecular flexibility index (Phi) is 4.29. The van der Waals surface area contributed by atoms with Crippen LogP contribution in [0.15, 0.2) is 18.2 Å². The molecule has 2 atom stereocenters. The second kappa shape index (κ2) is 6.09. The number of benzene rings is 1. The molecule has 0 radical (unpaired) electrons. The molecule has 126 valence electrons. The molecule has 1 aromatic rings. The quantitative estimate of drug-likeness (QED) is 0.865. The van der Waals surface area contributed by atoms with Gasteiger partial charge in [-0.2, -0.15) is 0 Å². The lowest BCUT2D eigenvalue weighted by molar-refractivity contribution is 0.0681. The number of carbonyl (C=O) groups excluding carboxylic acids is 1. The summed E-state index contributed by atoms with van der Waals surface area (Å²) in [6.45, 7) is 1.56. The van der Waals surface area contributed by atoms with Crippen LogP contribution in [0.3, 0.4) is 0 Å². The minimum atomic E-state index is -3.55. The van der Waals surface area contributed by atoms with E-state index in [9.17, 15) is 17.6 Å². The van der Waals surface area contributed by atoms with E-state index in [-0.39, 0.29) is 29.2 Å². The number of fused-ring (bicyclic) bond motifs is 2. The molecule has 2 unspecified atom stereocenters. The minimum absolute atomic E-state index is 0.0641. The lowest BCUT2D eigenvalue weighted by atomic mass is 10.1. The van der Waals surface area contributed by atoms with Crippen molar-refractivity contribution in [1.82, 2.24) is 10.2 Å². The molecule has 0 aliphatic carbocycles. The van der Waals surface area contributed by atoms with E-state index in [1.54, 1.807) is 4.90 Å². The predicted molar refractivity (Wildman–Crippen MR) is 85.3 cm³/mol. The first-order chi connectivity index (χ1) is 10.8. The van der Waals surface area contributed by atoms with Crippen molar-refractivity contribution >= 4 is 21.6 Å². The second-order valence-electron chi connectivity index (χ2n) is 6.15. The zero-order chi connectivity index (χ0) is 16.6. The Labute approximate surface area is 135 Å². The number of sulfonamides is 1. The van der Waals surface area contributed by atoms with Crippen LogP contribution >= 0.6 is 0 Å². The summed E-state index contributed by atoms with van der Waals surface area (Å²) < 4.78 is 38.9. The molecular formula is C15H20FN3O3S. The molecule has 0 saturated carbocycles. The molecule has 2 fully saturated rings. The highest BCUT2D eigenvalue weighted by Crippen LogP contribution is 2.31. The summed E-state index contributed by atoms with van der Waals surface area (Å²) in [4.78, 5) is 14.8. The summed E-state index contributed by atoms with van der Waals surface area (Å²) in [5.74, 6) is -0.875. The molecule has 0 aromatic heterocycles. The van der Waals surface area contributed by atoms with Gasteiger partial charge in [0.2, 0.25) is 10.0 Å². The van der Waals surface area contributed by atoms with Crippen molar-refractivity contribution in [3.8, 4) is 0 Å². The fourth-order valence-corrected chi connectivity index (χ4v) is 4.01. The summed E-state index contributed by atoms with van der Waals surface area (Å²) in [6, 6.07) is 3.74. The summed E-state index contributed by atoms with van der Waals surface area (Å²) in [7, 11) is -3.55. The maximum Gasteiger partial charge on any atom is 0.256 e. The Morgan fingerprint density at radius 3 is 2.78 bits per heavy atom. The van der Waals surface area contributed by atoms with E-state index in [4.69, 9.17) is 0 Å². The number of rotatable bonds is 3. The summed E-state index contributed by atoms with van der Waals surface area (Å²) in [5.41, 5.74) is 0.185. The van der Waals surface area contributed by atoms with E-state index < -0.39 is 15.8 Å². The van der Waals surface area contributed by atoms with E-state index in [0.29, 0.717) is 6.54 Å². The molecule has 6 nitrogen and oxygen atoms in total. The van der Waals surface area contributed by atoms with Crippen LogP contribution in [0.5, 0.6) is 0 Å². The Balaban J connectivity index is 1.97. The first kappa shape index (κ1) is 16.2. The number of carbonyl (C=O) groups is 1. The van der Waals surface area contributed by atoms with Gasteiger partial charge < -0.3 is 10.2 Å². The molecule has 0 spiro atoms. The van der Waals surface area contributed by atoms with Crippen LogP contribution in [0.2, 0.25) is 0 Å². The summed E-state index contributed by atoms with van der Waals surface area (Å²) in [5, 5.41) is 3.30. The van der Waals surface area contributed by atoms with Gasteiger partial charge in [0, 0.05) is 18.6 Å². The van der Waals surface area contributed by atoms with Crippen LogP contribution in [-0.2, 0) is 10.0 Å². The van der Waals surface area contributed by atoms with Gasteiger partial charge in [-0.3, -0.25) is 9.52 Å². The molecule has 1 amide bonds. The molecule has 2 N–H and O–H groups in total. The predicted octanol–water partition coefficient (Wildman–Crippen LogP) is 1.16. The van der Waals surface area contributed by atoms with E-state index in [1.165, 1.54) is 6.07 Å². The van der Waals surface area contributed by atoms with Gasteiger partial charge in [-0.25, -0.2) is 12.8 Å². The molecule has 2 saturated heterocycles. The van der Waals surface area contributed by atoms with E-state index in [2.05, 4.69) is 10.0 Å². The highest BCUT2D eigenvalue weighted by atomic mass is 32.2. The van der Waals surface area contributed by atoms with Crippen LogP contribution in [0.1, 0.15) is 29.6 Å². The van der Waals surface area contributed by atoms with Crippen LogP contribution in [0, 0.1) is 5.82 Å². The Morgan fingerprint density at radius 2 is 2.04 bits per heavy atom. The number of nitrogens with zero attached hydrogens (tertiary/aromatic N) is 1. The topological polar surface area (TPSA) is 78.5 Å². The van der Waals surface area contributed by atoms with Crippen molar-refractivity contribution < 1.29 is 17.6 Å². The Morgan fingerprint density at radius 1 is 1.30 bits per heavy atom. The second-order valence-corrected chi connectivity index (χ2v) is 7.90. The molecule has 8 heteroatoms. The van der Waals surface area contributed by atoms with Gasteiger partial charge in [-0.1, -0.05) is 0 Å². The van der Waals surface area contributed by atoms with Gasteiger partial charge in [-0.05, 0) is 44.0 Å². The van der Waals surface area contributed by atoms with Crippen molar-refractivity contribution in [1.29, 1.82) is 0 Å². The number of amides is 1. The molecule has 2 heterocycles.